The molecule has 0 aliphatic carbocycles. The Bertz CT molecular complexity index is 468. The van der Waals surface area contributed by atoms with Crippen LogP contribution in [-0.4, -0.2) is 23.2 Å². The second kappa shape index (κ2) is 10.2. The van der Waals surface area contributed by atoms with Gasteiger partial charge in [-0.2, -0.15) is 5.10 Å². The summed E-state index contributed by atoms with van der Waals surface area (Å²) < 4.78 is 0. The fourth-order valence-corrected chi connectivity index (χ4v) is 1.13. The average Bonchev–Trinajstić information content (AvgIpc) is 2.23. The van der Waals surface area contributed by atoms with Crippen molar-refractivity contribution in [1.29, 1.82) is 0 Å². The first-order valence-corrected chi connectivity index (χ1v) is 5.35. The van der Waals surface area contributed by atoms with Crippen LogP contribution in [0.4, 0.5) is 0 Å². The fraction of sp³-hybridized carbons (Fsp3) is 0.182. The highest BCUT2D eigenvalue weighted by Crippen LogP contribution is 2.24. The molecular weight excluding hydrogens is 291 g/mol. The third kappa shape index (κ3) is 9.87. The van der Waals surface area contributed by atoms with Crippen molar-refractivity contribution in [1.82, 2.24) is 0 Å². The zero-order valence-corrected chi connectivity index (χ0v) is 11.0. The lowest BCUT2D eigenvalue weighted by molar-refractivity contribution is -0.134. The first kappa shape index (κ1) is 19.5. The van der Waals surface area contributed by atoms with Gasteiger partial charge in [0, 0.05) is 12.5 Å². The van der Waals surface area contributed by atoms with E-state index in [2.05, 4.69) is 10.2 Å². The first-order valence-electron chi connectivity index (χ1n) is 4.60. The molecule has 106 valence electrons. The van der Waals surface area contributed by atoms with Crippen LogP contribution in [0, 0.1) is 0 Å². The van der Waals surface area contributed by atoms with Gasteiger partial charge in [0.25, 0.3) is 5.97 Å². The van der Waals surface area contributed by atoms with Crippen molar-refractivity contribution in [2.75, 3.05) is 0 Å². The molecule has 0 amide bonds. The maximum atomic E-state index is 9.00. The maximum Gasteiger partial charge on any atom is 0.300 e. The first-order chi connectivity index (χ1) is 8.34. The number of aliphatic carboxylic acids is 1. The minimum absolute atomic E-state index is 0. The van der Waals surface area contributed by atoms with Gasteiger partial charge in [0.2, 0.25) is 5.96 Å². The van der Waals surface area contributed by atoms with E-state index in [0.29, 0.717) is 15.6 Å². The van der Waals surface area contributed by atoms with E-state index in [0.717, 1.165) is 6.92 Å². The second-order valence-electron chi connectivity index (χ2n) is 2.93. The van der Waals surface area contributed by atoms with Gasteiger partial charge < -0.3 is 16.6 Å². The van der Waals surface area contributed by atoms with E-state index in [1.165, 1.54) is 6.21 Å². The molecule has 0 saturated carbocycles. The lowest BCUT2D eigenvalue weighted by atomic mass is 10.2. The number of halogens is 2. The molecule has 0 bridgehead atoms. The topological polar surface area (TPSA) is 114 Å². The van der Waals surface area contributed by atoms with Crippen LogP contribution in [0.3, 0.4) is 0 Å². The Hall–Kier alpha value is -1.79. The molecule has 6 nitrogen and oxygen atoms in total. The molecular formula is C11H16Cl2N4O2. The van der Waals surface area contributed by atoms with Crippen LogP contribution in [-0.2, 0) is 4.79 Å². The van der Waals surface area contributed by atoms with Crippen molar-refractivity contribution in [2.45, 2.75) is 14.4 Å². The smallest absolute Gasteiger partial charge is 0.300 e. The van der Waals surface area contributed by atoms with E-state index in [1.807, 2.05) is 0 Å². The Morgan fingerprint density at radius 2 is 1.89 bits per heavy atom. The van der Waals surface area contributed by atoms with Crippen molar-refractivity contribution in [3.8, 4) is 0 Å². The van der Waals surface area contributed by atoms with Crippen LogP contribution >= 0.6 is 23.2 Å². The SMILES string of the molecule is C.CC(=O)O.NC(N)=N/N=C/c1cccc(Cl)c1Cl. The van der Waals surface area contributed by atoms with Crippen molar-refractivity contribution < 1.29 is 9.90 Å². The molecule has 1 aromatic carbocycles. The summed E-state index contributed by atoms with van der Waals surface area (Å²) in [6.45, 7) is 1.08. The van der Waals surface area contributed by atoms with Crippen LogP contribution in [0.15, 0.2) is 28.4 Å². The predicted octanol–water partition coefficient (Wildman–Crippen LogP) is 2.33. The maximum absolute atomic E-state index is 9.00. The molecule has 0 saturated heterocycles. The summed E-state index contributed by atoms with van der Waals surface area (Å²) >= 11 is 11.7. The largest absolute Gasteiger partial charge is 0.481 e. The minimum atomic E-state index is -0.833. The number of carboxylic acids is 1. The molecule has 1 aromatic rings. The zero-order chi connectivity index (χ0) is 14.1. The van der Waals surface area contributed by atoms with Crippen molar-refractivity contribution >= 4 is 41.3 Å². The molecule has 0 aromatic heterocycles. The summed E-state index contributed by atoms with van der Waals surface area (Å²) in [5.74, 6) is -0.945. The molecule has 0 aliphatic heterocycles. The van der Waals surface area contributed by atoms with Gasteiger partial charge in [-0.3, -0.25) is 4.79 Å². The predicted molar refractivity (Wildman–Crippen MR) is 79.9 cm³/mol. The molecule has 8 heteroatoms. The number of carboxylic acid groups (broad SMARTS) is 1. The molecule has 0 aliphatic rings. The molecule has 5 N–H and O–H groups in total. The number of benzene rings is 1. The monoisotopic (exact) mass is 306 g/mol. The Labute approximate surface area is 121 Å². The van der Waals surface area contributed by atoms with Gasteiger partial charge in [0.15, 0.2) is 0 Å². The van der Waals surface area contributed by atoms with Crippen LogP contribution in [0.2, 0.25) is 10.0 Å². The molecule has 0 radical (unpaired) electrons. The van der Waals surface area contributed by atoms with Crippen molar-refractivity contribution in [3.63, 3.8) is 0 Å². The van der Waals surface area contributed by atoms with Gasteiger partial charge >= 0.3 is 0 Å². The number of carbonyl (C=O) groups is 1. The summed E-state index contributed by atoms with van der Waals surface area (Å²) in [6.07, 6.45) is 1.42. The number of nitrogens with two attached hydrogens (primary N) is 2. The Morgan fingerprint density at radius 1 is 1.37 bits per heavy atom. The molecule has 0 spiro atoms. The highest BCUT2D eigenvalue weighted by Gasteiger charge is 2.00. The highest BCUT2D eigenvalue weighted by atomic mass is 35.5. The summed E-state index contributed by atoms with van der Waals surface area (Å²) in [5.41, 5.74) is 10.8. The van der Waals surface area contributed by atoms with Crippen LogP contribution in [0.5, 0.6) is 0 Å². The van der Waals surface area contributed by atoms with E-state index in [4.69, 9.17) is 44.6 Å². The number of guanidine groups is 1. The fourth-order valence-electron chi connectivity index (χ4n) is 0.778. The van der Waals surface area contributed by atoms with Crippen LogP contribution < -0.4 is 11.5 Å². The van der Waals surface area contributed by atoms with Gasteiger partial charge in [-0.05, 0) is 6.07 Å². The summed E-state index contributed by atoms with van der Waals surface area (Å²) in [5, 5.41) is 15.3. The Balaban J connectivity index is 0. The summed E-state index contributed by atoms with van der Waals surface area (Å²) in [7, 11) is 0. The lowest BCUT2D eigenvalue weighted by Gasteiger charge is -1.97. The second-order valence-corrected chi connectivity index (χ2v) is 3.72. The quantitative estimate of drug-likeness (QED) is 0.442. The van der Waals surface area contributed by atoms with E-state index < -0.39 is 5.97 Å². The number of hydrogen-bond acceptors (Lipinski definition) is 3. The minimum Gasteiger partial charge on any atom is -0.481 e. The number of hydrogen-bond donors (Lipinski definition) is 3. The van der Waals surface area contributed by atoms with Crippen LogP contribution in [0.25, 0.3) is 0 Å². The Kier molecular flexibility index (Phi) is 10.5. The number of nitrogens with zero attached hydrogens (tertiary/aromatic N) is 2. The van der Waals surface area contributed by atoms with E-state index in [9.17, 15) is 0 Å². The van der Waals surface area contributed by atoms with Crippen molar-refractivity contribution in [3.05, 3.63) is 33.8 Å². The molecule has 0 unspecified atom stereocenters. The molecule has 0 fully saturated rings. The molecule has 19 heavy (non-hydrogen) atoms. The number of rotatable bonds is 2. The van der Waals surface area contributed by atoms with Crippen LogP contribution in [0.1, 0.15) is 19.9 Å². The molecule has 1 rings (SSSR count). The third-order valence-corrected chi connectivity index (χ3v) is 2.19. The zero-order valence-electron chi connectivity index (χ0n) is 9.47. The lowest BCUT2D eigenvalue weighted by Crippen LogP contribution is -2.21. The van der Waals surface area contributed by atoms with Gasteiger partial charge in [0.1, 0.15) is 0 Å². The van der Waals surface area contributed by atoms with E-state index in [1.54, 1.807) is 18.2 Å². The molecule has 0 atom stereocenters. The van der Waals surface area contributed by atoms with Crippen molar-refractivity contribution in [2.24, 2.45) is 21.7 Å². The summed E-state index contributed by atoms with van der Waals surface area (Å²) in [6, 6.07) is 5.19. The Morgan fingerprint density at radius 3 is 2.37 bits per heavy atom. The third-order valence-electron chi connectivity index (χ3n) is 1.35. The van der Waals surface area contributed by atoms with Gasteiger partial charge in [-0.1, -0.05) is 42.8 Å². The standard InChI is InChI=1S/C8H8Cl2N4.C2H4O2.CH4/c9-6-3-1-2-5(7(6)10)4-13-14-8(11)12;1-2(3)4;/h1-4H,(H4,11,12,14);1H3,(H,3,4);1H4/b13-4+;;. The molecule has 0 heterocycles. The van der Waals surface area contributed by atoms with Gasteiger partial charge in [-0.15, -0.1) is 5.10 Å². The normalized spacial score (nSPS) is 9.00. The van der Waals surface area contributed by atoms with Gasteiger partial charge in [-0.25, -0.2) is 0 Å². The van der Waals surface area contributed by atoms with E-state index in [-0.39, 0.29) is 13.4 Å². The van der Waals surface area contributed by atoms with Gasteiger partial charge in [0.05, 0.1) is 16.3 Å². The highest BCUT2D eigenvalue weighted by molar-refractivity contribution is 6.43. The summed E-state index contributed by atoms with van der Waals surface area (Å²) in [4.78, 5) is 9.00. The van der Waals surface area contributed by atoms with E-state index >= 15 is 0 Å². The average molecular weight is 307 g/mol.